The quantitative estimate of drug-likeness (QED) is 0.694. The van der Waals surface area contributed by atoms with E-state index < -0.39 is 5.92 Å². The summed E-state index contributed by atoms with van der Waals surface area (Å²) in [5.74, 6) is -0.104. The Bertz CT molecular complexity index is 1030. The van der Waals surface area contributed by atoms with Crippen molar-refractivity contribution in [2.45, 2.75) is 10.9 Å². The zero-order chi connectivity index (χ0) is 19.5. The lowest BCUT2D eigenvalue weighted by Gasteiger charge is -2.18. The van der Waals surface area contributed by atoms with Crippen LogP contribution in [0.4, 0.5) is 9.52 Å². The minimum absolute atomic E-state index is 0.240. The summed E-state index contributed by atoms with van der Waals surface area (Å²) >= 11 is 8.78. The Hall–Kier alpha value is -2.36. The normalized spacial score (nSPS) is 18.3. The second kappa shape index (κ2) is 8.34. The van der Waals surface area contributed by atoms with Crippen LogP contribution in [0, 0.1) is 11.7 Å². The van der Waals surface area contributed by atoms with Gasteiger partial charge in [-0.1, -0.05) is 52.9 Å². The van der Waals surface area contributed by atoms with Crippen molar-refractivity contribution in [2.24, 2.45) is 15.9 Å². The largest absolute Gasteiger partial charge is 0.356 e. The molecule has 4 rings (SSSR count). The van der Waals surface area contributed by atoms with Crippen LogP contribution in [-0.4, -0.2) is 33.4 Å². The molecule has 0 saturated carbocycles. The standard InChI is InChI=1S/C18H13ClFN5OS2/c19-11-3-6-13-14(7-11)22-15(23-16(13)26)9-27-18-25-24-17(28-18)21-8-10-1-4-12(20)5-2-10/h1-7,13H,8-9H2,(H,21,24). The van der Waals surface area contributed by atoms with Crippen LogP contribution in [0.1, 0.15) is 5.56 Å². The number of aliphatic imine (C=N–C) groups is 2. The van der Waals surface area contributed by atoms with Gasteiger partial charge in [-0.15, -0.1) is 10.2 Å². The fourth-order valence-electron chi connectivity index (χ4n) is 2.56. The number of benzene rings is 1. The molecule has 142 valence electrons. The van der Waals surface area contributed by atoms with Gasteiger partial charge in [-0.25, -0.2) is 9.38 Å². The molecule has 1 atom stereocenters. The zero-order valence-corrected chi connectivity index (χ0v) is 16.7. The molecular formula is C18H13ClFN5OS2. The molecule has 1 N–H and O–H groups in total. The number of amidine groups is 1. The lowest BCUT2D eigenvalue weighted by Crippen LogP contribution is -2.28. The summed E-state index contributed by atoms with van der Waals surface area (Å²) in [6.45, 7) is 0.524. The van der Waals surface area contributed by atoms with E-state index in [2.05, 4.69) is 25.5 Å². The Kier molecular flexibility index (Phi) is 5.65. The van der Waals surface area contributed by atoms with Crippen molar-refractivity contribution in [3.05, 3.63) is 58.9 Å². The molecule has 0 radical (unpaired) electrons. The van der Waals surface area contributed by atoms with Gasteiger partial charge in [0, 0.05) is 11.6 Å². The average molecular weight is 434 g/mol. The highest BCUT2D eigenvalue weighted by Crippen LogP contribution is 2.27. The number of hydrogen-bond donors (Lipinski definition) is 1. The molecule has 2 heterocycles. The Balaban J connectivity index is 1.34. The lowest BCUT2D eigenvalue weighted by atomic mass is 9.96. The van der Waals surface area contributed by atoms with Gasteiger partial charge in [0.25, 0.3) is 5.91 Å². The Morgan fingerprint density at radius 3 is 2.86 bits per heavy atom. The third-order valence-electron chi connectivity index (χ3n) is 3.90. The third-order valence-corrected chi connectivity index (χ3v) is 6.15. The van der Waals surface area contributed by atoms with Gasteiger partial charge in [-0.2, -0.15) is 4.99 Å². The number of aromatic nitrogens is 2. The van der Waals surface area contributed by atoms with E-state index >= 15 is 0 Å². The Labute approximate surface area is 173 Å². The number of carbonyl (C=O) groups is 1. The summed E-state index contributed by atoms with van der Waals surface area (Å²) in [5, 5.41) is 12.6. The summed E-state index contributed by atoms with van der Waals surface area (Å²) in [5.41, 5.74) is 1.56. The maximum atomic E-state index is 12.9. The molecule has 1 aromatic carbocycles. The molecule has 1 unspecified atom stereocenters. The zero-order valence-electron chi connectivity index (χ0n) is 14.3. The highest BCUT2D eigenvalue weighted by Gasteiger charge is 2.27. The molecular weight excluding hydrogens is 421 g/mol. The summed E-state index contributed by atoms with van der Waals surface area (Å²) in [6.07, 6.45) is 5.08. The minimum Gasteiger partial charge on any atom is -0.356 e. The van der Waals surface area contributed by atoms with Crippen molar-refractivity contribution in [3.8, 4) is 0 Å². The number of fused-ring (bicyclic) bond motifs is 1. The molecule has 1 aliphatic heterocycles. The van der Waals surface area contributed by atoms with Crippen LogP contribution in [-0.2, 0) is 11.3 Å². The molecule has 2 aromatic rings. The second-order valence-electron chi connectivity index (χ2n) is 5.91. The first-order valence-corrected chi connectivity index (χ1v) is 10.4. The van der Waals surface area contributed by atoms with Crippen LogP contribution < -0.4 is 5.32 Å². The summed E-state index contributed by atoms with van der Waals surface area (Å²) < 4.78 is 13.7. The lowest BCUT2D eigenvalue weighted by molar-refractivity contribution is -0.118. The summed E-state index contributed by atoms with van der Waals surface area (Å²) in [4.78, 5) is 20.6. The number of hydrogen-bond acceptors (Lipinski definition) is 7. The van der Waals surface area contributed by atoms with Gasteiger partial charge in [0.15, 0.2) is 4.34 Å². The maximum Gasteiger partial charge on any atom is 0.260 e. The van der Waals surface area contributed by atoms with E-state index in [0.29, 0.717) is 34.0 Å². The number of amides is 1. The number of carbonyl (C=O) groups excluding carboxylic acids is 1. The molecule has 0 spiro atoms. The van der Waals surface area contributed by atoms with E-state index in [0.717, 1.165) is 9.90 Å². The Morgan fingerprint density at radius 1 is 1.21 bits per heavy atom. The van der Waals surface area contributed by atoms with Gasteiger partial charge in [0.2, 0.25) is 5.13 Å². The van der Waals surface area contributed by atoms with Crippen molar-refractivity contribution < 1.29 is 9.18 Å². The van der Waals surface area contributed by atoms with E-state index in [9.17, 15) is 9.18 Å². The summed E-state index contributed by atoms with van der Waals surface area (Å²) in [7, 11) is 0. The van der Waals surface area contributed by atoms with Crippen molar-refractivity contribution in [1.82, 2.24) is 10.2 Å². The molecule has 2 aliphatic rings. The topological polar surface area (TPSA) is 79.6 Å². The first kappa shape index (κ1) is 19.0. The third kappa shape index (κ3) is 4.54. The highest BCUT2D eigenvalue weighted by atomic mass is 35.5. The maximum absolute atomic E-state index is 12.9. The molecule has 1 aromatic heterocycles. The first-order chi connectivity index (χ1) is 13.6. The van der Waals surface area contributed by atoms with Crippen LogP contribution in [0.3, 0.4) is 0 Å². The van der Waals surface area contributed by atoms with Crippen molar-refractivity contribution in [1.29, 1.82) is 0 Å². The fraction of sp³-hybridized carbons (Fsp3) is 0.167. The molecule has 0 bridgehead atoms. The highest BCUT2D eigenvalue weighted by molar-refractivity contribution is 8.01. The molecule has 1 aliphatic carbocycles. The molecule has 28 heavy (non-hydrogen) atoms. The van der Waals surface area contributed by atoms with Gasteiger partial charge < -0.3 is 5.32 Å². The van der Waals surface area contributed by atoms with Gasteiger partial charge in [0.05, 0.1) is 11.5 Å². The van der Waals surface area contributed by atoms with E-state index in [-0.39, 0.29) is 11.7 Å². The van der Waals surface area contributed by atoms with E-state index in [1.807, 2.05) is 0 Å². The number of rotatable bonds is 6. The number of anilines is 1. The number of nitrogens with zero attached hydrogens (tertiary/aromatic N) is 4. The predicted octanol–water partition coefficient (Wildman–Crippen LogP) is 4.07. The smallest absolute Gasteiger partial charge is 0.260 e. The number of thioether (sulfide) groups is 1. The molecule has 10 heteroatoms. The van der Waals surface area contributed by atoms with Gasteiger partial charge in [-0.05, 0) is 29.8 Å². The van der Waals surface area contributed by atoms with Crippen LogP contribution >= 0.6 is 34.7 Å². The van der Waals surface area contributed by atoms with Crippen LogP contribution in [0.5, 0.6) is 0 Å². The van der Waals surface area contributed by atoms with E-state index in [4.69, 9.17) is 11.6 Å². The predicted molar refractivity (Wildman–Crippen MR) is 111 cm³/mol. The average Bonchev–Trinajstić information content (AvgIpc) is 3.13. The number of nitrogens with one attached hydrogen (secondary N) is 1. The van der Waals surface area contributed by atoms with Crippen molar-refractivity contribution in [3.63, 3.8) is 0 Å². The first-order valence-electron chi connectivity index (χ1n) is 8.27. The van der Waals surface area contributed by atoms with Gasteiger partial charge >= 0.3 is 0 Å². The SMILES string of the molecule is O=C1N=C(CSc2nnc(NCc3ccc(F)cc3)s2)N=C2C=C(Cl)C=CC12. The Morgan fingerprint density at radius 2 is 2.04 bits per heavy atom. The molecule has 0 fully saturated rings. The van der Waals surface area contributed by atoms with Crippen molar-refractivity contribution in [2.75, 3.05) is 11.1 Å². The summed E-state index contributed by atoms with van der Waals surface area (Å²) in [6, 6.07) is 6.26. The molecule has 0 saturated heterocycles. The van der Waals surface area contributed by atoms with Gasteiger partial charge in [0.1, 0.15) is 17.6 Å². The molecule has 1 amide bonds. The van der Waals surface area contributed by atoms with Crippen LogP contribution in [0.2, 0.25) is 0 Å². The van der Waals surface area contributed by atoms with Crippen molar-refractivity contribution >= 4 is 57.3 Å². The van der Waals surface area contributed by atoms with E-state index in [1.165, 1.54) is 35.2 Å². The second-order valence-corrected chi connectivity index (χ2v) is 8.55. The number of allylic oxidation sites excluding steroid dienone is 3. The van der Waals surface area contributed by atoms with Crippen LogP contribution in [0.25, 0.3) is 0 Å². The fourth-order valence-corrected chi connectivity index (χ4v) is 4.34. The molecule has 6 nitrogen and oxygen atoms in total. The van der Waals surface area contributed by atoms with Crippen LogP contribution in [0.15, 0.2) is 61.9 Å². The van der Waals surface area contributed by atoms with Gasteiger partial charge in [-0.3, -0.25) is 4.79 Å². The monoisotopic (exact) mass is 433 g/mol. The van der Waals surface area contributed by atoms with E-state index in [1.54, 1.807) is 30.4 Å². The number of halogens is 2. The minimum atomic E-state index is -0.444.